The van der Waals surface area contributed by atoms with Crippen LogP contribution in [0.15, 0.2) is 23.8 Å². The SMILES string of the molecule is COC(C=C[C@H](C)[C@H]1CC[C@]2(C)C[C@H]3[C@@H](C(=O)C[C@@]3(C)O)/C(C=O)=C\C[C@@H]12)C(C)(C)O. The highest BCUT2D eigenvalue weighted by Gasteiger charge is 2.56. The first kappa shape index (κ1) is 24.3. The summed E-state index contributed by atoms with van der Waals surface area (Å²) in [4.78, 5) is 24.5. The lowest BCUT2D eigenvalue weighted by Crippen LogP contribution is -2.40. The van der Waals surface area contributed by atoms with Crippen LogP contribution in [0, 0.1) is 35.0 Å². The molecule has 5 heteroatoms. The lowest BCUT2D eigenvalue weighted by atomic mass is 9.63. The van der Waals surface area contributed by atoms with Crippen molar-refractivity contribution in [3.8, 4) is 0 Å². The minimum absolute atomic E-state index is 0.00141. The van der Waals surface area contributed by atoms with Crippen molar-refractivity contribution in [2.75, 3.05) is 7.11 Å². The van der Waals surface area contributed by atoms with E-state index in [1.165, 1.54) is 0 Å². The van der Waals surface area contributed by atoms with Crippen LogP contribution < -0.4 is 0 Å². The van der Waals surface area contributed by atoms with Gasteiger partial charge >= 0.3 is 0 Å². The Morgan fingerprint density at radius 3 is 2.52 bits per heavy atom. The zero-order valence-corrected chi connectivity index (χ0v) is 19.9. The number of hydrogen-bond donors (Lipinski definition) is 2. The Balaban J connectivity index is 1.88. The number of fused-ring (bicyclic) bond motifs is 2. The summed E-state index contributed by atoms with van der Waals surface area (Å²) in [5.74, 6) is 0.429. The van der Waals surface area contributed by atoms with Crippen molar-refractivity contribution in [2.45, 2.75) is 84.0 Å². The third kappa shape index (κ3) is 4.60. The number of hydrogen-bond acceptors (Lipinski definition) is 5. The predicted octanol–water partition coefficient (Wildman–Crippen LogP) is 3.87. The standard InChI is InChI=1S/C26H40O5/c1-16(7-10-22(31-6)24(2,3)29)18-11-12-25(4)13-20-23(21(28)14-26(20,5)30)17(15-27)8-9-19(18)25/h7-8,10,15-16,18-20,22-23,29-30H,9,11-14H2,1-6H3/b10-7?,17-8-/t16-,18+,19-,20-,22?,23-,25+,26+/m0/s1. The number of methoxy groups -OCH3 is 1. The molecule has 5 nitrogen and oxygen atoms in total. The summed E-state index contributed by atoms with van der Waals surface area (Å²) in [7, 11) is 1.61. The molecule has 0 aromatic heterocycles. The third-order valence-electron chi connectivity index (χ3n) is 8.54. The van der Waals surface area contributed by atoms with E-state index in [1.54, 1.807) is 27.9 Å². The van der Waals surface area contributed by atoms with Crippen LogP contribution in [0.25, 0.3) is 0 Å². The highest BCUT2D eigenvalue weighted by atomic mass is 16.5. The first-order chi connectivity index (χ1) is 14.3. The molecule has 0 bridgehead atoms. The van der Waals surface area contributed by atoms with Gasteiger partial charge in [0.05, 0.1) is 17.1 Å². The Labute approximate surface area is 186 Å². The zero-order valence-electron chi connectivity index (χ0n) is 19.9. The fraction of sp³-hybridized carbons (Fsp3) is 0.769. The van der Waals surface area contributed by atoms with Crippen LogP contribution in [0.3, 0.4) is 0 Å². The van der Waals surface area contributed by atoms with E-state index in [0.717, 1.165) is 32.0 Å². The molecule has 0 aromatic carbocycles. The Hall–Kier alpha value is -1.30. The fourth-order valence-electron chi connectivity index (χ4n) is 6.71. The lowest BCUT2D eigenvalue weighted by molar-refractivity contribution is -0.121. The van der Waals surface area contributed by atoms with Crippen molar-refractivity contribution >= 4 is 12.1 Å². The summed E-state index contributed by atoms with van der Waals surface area (Å²) in [6, 6.07) is 0. The molecule has 0 spiro atoms. The van der Waals surface area contributed by atoms with Gasteiger partial charge in [-0.25, -0.2) is 0 Å². The zero-order chi connectivity index (χ0) is 23.2. The second kappa shape index (κ2) is 8.57. The van der Waals surface area contributed by atoms with E-state index in [-0.39, 0.29) is 29.6 Å². The second-order valence-corrected chi connectivity index (χ2v) is 11.4. The summed E-state index contributed by atoms with van der Waals surface area (Å²) < 4.78 is 5.45. The summed E-state index contributed by atoms with van der Waals surface area (Å²) in [5.41, 5.74) is -1.43. The van der Waals surface area contributed by atoms with E-state index in [2.05, 4.69) is 19.9 Å². The molecule has 2 saturated carbocycles. The van der Waals surface area contributed by atoms with Crippen LogP contribution in [0.5, 0.6) is 0 Å². The van der Waals surface area contributed by atoms with Gasteiger partial charge < -0.3 is 14.9 Å². The highest BCUT2D eigenvalue weighted by molar-refractivity contribution is 5.94. The quantitative estimate of drug-likeness (QED) is 0.492. The number of aliphatic hydroxyl groups is 2. The maximum Gasteiger partial charge on any atom is 0.146 e. The van der Waals surface area contributed by atoms with Crippen molar-refractivity contribution in [3.05, 3.63) is 23.8 Å². The van der Waals surface area contributed by atoms with E-state index in [9.17, 15) is 19.8 Å². The summed E-state index contributed by atoms with van der Waals surface area (Å²) in [5, 5.41) is 21.3. The number of rotatable bonds is 6. The Bertz CT molecular complexity index is 758. The Morgan fingerprint density at radius 2 is 1.94 bits per heavy atom. The molecule has 0 aliphatic heterocycles. The van der Waals surface area contributed by atoms with Crippen LogP contribution >= 0.6 is 0 Å². The van der Waals surface area contributed by atoms with Crippen LogP contribution in [0.2, 0.25) is 0 Å². The fourth-order valence-corrected chi connectivity index (χ4v) is 6.71. The smallest absolute Gasteiger partial charge is 0.146 e. The predicted molar refractivity (Wildman–Crippen MR) is 120 cm³/mol. The van der Waals surface area contributed by atoms with Gasteiger partial charge in [0, 0.05) is 19.4 Å². The van der Waals surface area contributed by atoms with E-state index in [4.69, 9.17) is 4.74 Å². The summed E-state index contributed by atoms with van der Waals surface area (Å²) in [6.07, 6.45) is 10.4. The molecule has 2 fully saturated rings. The molecule has 3 rings (SSSR count). The van der Waals surface area contributed by atoms with Crippen LogP contribution in [0.1, 0.15) is 66.7 Å². The molecule has 8 atom stereocenters. The summed E-state index contributed by atoms with van der Waals surface area (Å²) >= 11 is 0. The van der Waals surface area contributed by atoms with Gasteiger partial charge in [-0.05, 0) is 75.2 Å². The lowest BCUT2D eigenvalue weighted by Gasteiger charge is -2.42. The molecule has 1 unspecified atom stereocenters. The molecule has 0 amide bonds. The number of carbonyl (C=O) groups excluding carboxylic acids is 2. The van der Waals surface area contributed by atoms with Crippen molar-refractivity contribution < 1.29 is 24.5 Å². The molecule has 0 aromatic rings. The highest BCUT2D eigenvalue weighted by Crippen LogP contribution is 2.59. The Morgan fingerprint density at radius 1 is 1.26 bits per heavy atom. The van der Waals surface area contributed by atoms with Gasteiger partial charge in [0.1, 0.15) is 18.2 Å². The van der Waals surface area contributed by atoms with E-state index >= 15 is 0 Å². The number of ketones is 1. The maximum atomic E-state index is 12.7. The molecule has 0 saturated heterocycles. The molecule has 3 aliphatic carbocycles. The number of aldehydes is 1. The van der Waals surface area contributed by atoms with Crippen molar-refractivity contribution in [1.29, 1.82) is 0 Å². The minimum atomic E-state index is -1.06. The molecule has 0 radical (unpaired) electrons. The average Bonchev–Trinajstić information content (AvgIpc) is 3.07. The number of carbonyl (C=O) groups is 2. The van der Waals surface area contributed by atoms with Gasteiger partial charge in [0.25, 0.3) is 0 Å². The molecule has 31 heavy (non-hydrogen) atoms. The van der Waals surface area contributed by atoms with Crippen LogP contribution in [-0.4, -0.2) is 46.7 Å². The van der Waals surface area contributed by atoms with Gasteiger partial charge in [-0.1, -0.05) is 32.1 Å². The van der Waals surface area contributed by atoms with Gasteiger partial charge in [0.2, 0.25) is 0 Å². The van der Waals surface area contributed by atoms with Gasteiger partial charge in [-0.2, -0.15) is 0 Å². The number of ether oxygens (including phenoxy) is 1. The molecule has 174 valence electrons. The topological polar surface area (TPSA) is 83.8 Å². The number of Topliss-reactive ketones (excluding diaryl/α,β-unsaturated/α-hetero) is 1. The minimum Gasteiger partial charge on any atom is -0.389 e. The van der Waals surface area contributed by atoms with Crippen LogP contribution in [-0.2, 0) is 14.3 Å². The van der Waals surface area contributed by atoms with E-state index in [1.807, 2.05) is 12.2 Å². The van der Waals surface area contributed by atoms with Crippen molar-refractivity contribution in [3.63, 3.8) is 0 Å². The maximum absolute atomic E-state index is 12.7. The van der Waals surface area contributed by atoms with Gasteiger partial charge in [-0.15, -0.1) is 0 Å². The molecular weight excluding hydrogens is 392 g/mol. The van der Waals surface area contributed by atoms with E-state index < -0.39 is 17.1 Å². The largest absolute Gasteiger partial charge is 0.389 e. The van der Waals surface area contributed by atoms with E-state index in [0.29, 0.717) is 23.3 Å². The normalized spacial score (nSPS) is 42.3. The molecule has 3 aliphatic rings. The summed E-state index contributed by atoms with van der Waals surface area (Å²) in [6.45, 7) is 9.77. The third-order valence-corrected chi connectivity index (χ3v) is 8.54. The van der Waals surface area contributed by atoms with Crippen LogP contribution in [0.4, 0.5) is 0 Å². The first-order valence-electron chi connectivity index (χ1n) is 11.7. The van der Waals surface area contributed by atoms with Crippen molar-refractivity contribution in [1.82, 2.24) is 0 Å². The molecule has 0 heterocycles. The van der Waals surface area contributed by atoms with Gasteiger partial charge in [0.15, 0.2) is 0 Å². The first-order valence-corrected chi connectivity index (χ1v) is 11.7. The number of allylic oxidation sites excluding steroid dienone is 3. The average molecular weight is 433 g/mol. The van der Waals surface area contributed by atoms with Gasteiger partial charge in [-0.3, -0.25) is 9.59 Å². The molecular formula is C26H40O5. The second-order valence-electron chi connectivity index (χ2n) is 11.4. The Kier molecular flexibility index (Phi) is 6.73. The monoisotopic (exact) mass is 432 g/mol. The van der Waals surface area contributed by atoms with Crippen molar-refractivity contribution in [2.24, 2.45) is 35.0 Å². The molecule has 2 N–H and O–H groups in total.